The number of fused-ring (bicyclic) bond motifs is 1. The van der Waals surface area contributed by atoms with Gasteiger partial charge in [0.25, 0.3) is 0 Å². The molecule has 0 aromatic heterocycles. The molecule has 1 atom stereocenters. The molecule has 2 aliphatic heterocycles. The van der Waals surface area contributed by atoms with Crippen LogP contribution in [0.25, 0.3) is 0 Å². The van der Waals surface area contributed by atoms with E-state index in [2.05, 4.69) is 42.3 Å². The molecule has 2 aliphatic rings. The van der Waals surface area contributed by atoms with Gasteiger partial charge in [0.2, 0.25) is 5.91 Å². The molecule has 0 spiro atoms. The molecule has 1 aromatic rings. The number of nitrogens with zero attached hydrogens (tertiary/aromatic N) is 1. The molecule has 0 radical (unpaired) electrons. The predicted molar refractivity (Wildman–Crippen MR) is 86.4 cm³/mol. The average molecular weight is 286 g/mol. The first-order valence-electron chi connectivity index (χ1n) is 8.31. The number of benzene rings is 1. The smallest absolute Gasteiger partial charge is 0.245 e. The summed E-state index contributed by atoms with van der Waals surface area (Å²) in [6.07, 6.45) is 5.43. The maximum Gasteiger partial charge on any atom is 0.245 e. The molecule has 3 nitrogen and oxygen atoms in total. The molecule has 0 saturated carbocycles. The lowest BCUT2D eigenvalue weighted by atomic mass is 9.82. The predicted octanol–water partition coefficient (Wildman–Crippen LogP) is 3.45. The lowest BCUT2D eigenvalue weighted by molar-refractivity contribution is -0.131. The Morgan fingerprint density at radius 1 is 1.33 bits per heavy atom. The van der Waals surface area contributed by atoms with Gasteiger partial charge in [-0.2, -0.15) is 0 Å². The lowest BCUT2D eigenvalue weighted by Gasteiger charge is -2.31. The molecule has 21 heavy (non-hydrogen) atoms. The van der Waals surface area contributed by atoms with Gasteiger partial charge in [-0.15, -0.1) is 0 Å². The Balaban J connectivity index is 1.68. The minimum absolute atomic E-state index is 0.0376. The van der Waals surface area contributed by atoms with Crippen LogP contribution in [0, 0.1) is 5.41 Å². The van der Waals surface area contributed by atoms with Crippen molar-refractivity contribution in [2.75, 3.05) is 18.4 Å². The van der Waals surface area contributed by atoms with Crippen molar-refractivity contribution in [3.8, 4) is 0 Å². The van der Waals surface area contributed by atoms with Crippen LogP contribution in [0.4, 0.5) is 5.69 Å². The molecule has 1 amide bonds. The Kier molecular flexibility index (Phi) is 3.92. The SMILES string of the molecule is CCC1(CC)CCN(C(=O)C2CCc3ccccc3N2)C1. The maximum atomic E-state index is 12.8. The molecule has 1 unspecified atom stereocenters. The summed E-state index contributed by atoms with van der Waals surface area (Å²) in [5, 5.41) is 3.45. The number of likely N-dealkylation sites (tertiary alicyclic amines) is 1. The number of hydrogen-bond donors (Lipinski definition) is 1. The van der Waals surface area contributed by atoms with Crippen LogP contribution in [0.3, 0.4) is 0 Å². The monoisotopic (exact) mass is 286 g/mol. The number of carbonyl (C=O) groups excluding carboxylic acids is 1. The molecule has 1 saturated heterocycles. The zero-order valence-corrected chi connectivity index (χ0v) is 13.2. The van der Waals surface area contributed by atoms with Crippen molar-refractivity contribution in [3.63, 3.8) is 0 Å². The van der Waals surface area contributed by atoms with E-state index in [1.807, 2.05) is 6.07 Å². The van der Waals surface area contributed by atoms with Gasteiger partial charge in [0, 0.05) is 18.8 Å². The van der Waals surface area contributed by atoms with E-state index in [1.165, 1.54) is 18.4 Å². The Labute approximate surface area is 127 Å². The van der Waals surface area contributed by atoms with Gasteiger partial charge < -0.3 is 10.2 Å². The Morgan fingerprint density at radius 3 is 2.81 bits per heavy atom. The molecule has 3 heteroatoms. The Morgan fingerprint density at radius 2 is 2.10 bits per heavy atom. The second-order valence-electron chi connectivity index (χ2n) is 6.61. The van der Waals surface area contributed by atoms with Crippen LogP contribution in [0.5, 0.6) is 0 Å². The zero-order chi connectivity index (χ0) is 14.9. The van der Waals surface area contributed by atoms with Gasteiger partial charge in [0.15, 0.2) is 0 Å². The zero-order valence-electron chi connectivity index (χ0n) is 13.2. The number of aryl methyl sites for hydroxylation is 1. The highest BCUT2D eigenvalue weighted by Crippen LogP contribution is 2.37. The fraction of sp³-hybridized carbons (Fsp3) is 0.611. The van der Waals surface area contributed by atoms with Gasteiger partial charge in [-0.25, -0.2) is 0 Å². The standard InChI is InChI=1S/C18H26N2O/c1-3-18(4-2)11-12-20(13-18)17(21)16-10-9-14-7-5-6-8-15(14)19-16/h5-8,16,19H,3-4,9-13H2,1-2H3. The summed E-state index contributed by atoms with van der Waals surface area (Å²) in [4.78, 5) is 14.9. The van der Waals surface area contributed by atoms with Crippen molar-refractivity contribution < 1.29 is 4.79 Å². The van der Waals surface area contributed by atoms with Crippen LogP contribution >= 0.6 is 0 Å². The fourth-order valence-electron chi connectivity index (χ4n) is 3.79. The van der Waals surface area contributed by atoms with Crippen LogP contribution in [0.2, 0.25) is 0 Å². The van der Waals surface area contributed by atoms with Gasteiger partial charge in [0.05, 0.1) is 0 Å². The third-order valence-electron chi connectivity index (χ3n) is 5.60. The van der Waals surface area contributed by atoms with E-state index in [0.29, 0.717) is 11.3 Å². The third kappa shape index (κ3) is 2.66. The van der Waals surface area contributed by atoms with Gasteiger partial charge >= 0.3 is 0 Å². The molecule has 1 fully saturated rings. The Hall–Kier alpha value is -1.51. The second-order valence-corrected chi connectivity index (χ2v) is 6.61. The molecule has 114 valence electrons. The fourth-order valence-corrected chi connectivity index (χ4v) is 3.79. The maximum absolute atomic E-state index is 12.8. The largest absolute Gasteiger partial charge is 0.373 e. The molecule has 2 heterocycles. The van der Waals surface area contributed by atoms with Gasteiger partial charge in [-0.3, -0.25) is 4.79 Å². The van der Waals surface area contributed by atoms with Crippen molar-refractivity contribution in [3.05, 3.63) is 29.8 Å². The number of para-hydroxylation sites is 1. The summed E-state index contributed by atoms with van der Waals surface area (Å²) in [7, 11) is 0. The third-order valence-corrected chi connectivity index (χ3v) is 5.60. The summed E-state index contributed by atoms with van der Waals surface area (Å²) >= 11 is 0. The highest BCUT2D eigenvalue weighted by Gasteiger charge is 2.39. The number of rotatable bonds is 3. The van der Waals surface area contributed by atoms with Crippen molar-refractivity contribution in [1.29, 1.82) is 0 Å². The number of amides is 1. The first kappa shape index (κ1) is 14.4. The van der Waals surface area contributed by atoms with E-state index >= 15 is 0 Å². The van der Waals surface area contributed by atoms with E-state index in [4.69, 9.17) is 0 Å². The van der Waals surface area contributed by atoms with Crippen molar-refractivity contribution in [1.82, 2.24) is 4.90 Å². The molecular formula is C18H26N2O. The number of hydrogen-bond acceptors (Lipinski definition) is 2. The lowest BCUT2D eigenvalue weighted by Crippen LogP contribution is -2.44. The molecule has 0 bridgehead atoms. The number of nitrogens with one attached hydrogen (secondary N) is 1. The van der Waals surface area contributed by atoms with Gasteiger partial charge in [-0.1, -0.05) is 32.0 Å². The summed E-state index contributed by atoms with van der Waals surface area (Å²) in [6.45, 7) is 6.39. The highest BCUT2D eigenvalue weighted by molar-refractivity contribution is 5.86. The molecule has 3 rings (SSSR count). The van der Waals surface area contributed by atoms with Crippen LogP contribution in [0.1, 0.15) is 45.1 Å². The minimum Gasteiger partial charge on any atom is -0.373 e. The van der Waals surface area contributed by atoms with Crippen molar-refractivity contribution in [2.24, 2.45) is 5.41 Å². The average Bonchev–Trinajstić information content (AvgIpc) is 2.99. The van der Waals surface area contributed by atoms with E-state index in [0.717, 1.165) is 38.0 Å². The van der Waals surface area contributed by atoms with Crippen LogP contribution in [0.15, 0.2) is 24.3 Å². The van der Waals surface area contributed by atoms with Crippen LogP contribution in [-0.2, 0) is 11.2 Å². The Bertz CT molecular complexity index is 522. The van der Waals surface area contributed by atoms with E-state index in [1.54, 1.807) is 0 Å². The highest BCUT2D eigenvalue weighted by atomic mass is 16.2. The topological polar surface area (TPSA) is 32.3 Å². The van der Waals surface area contributed by atoms with Crippen LogP contribution < -0.4 is 5.32 Å². The molecule has 1 N–H and O–H groups in total. The minimum atomic E-state index is -0.0376. The molecule has 0 aliphatic carbocycles. The summed E-state index contributed by atoms with van der Waals surface area (Å²) < 4.78 is 0. The van der Waals surface area contributed by atoms with Crippen molar-refractivity contribution >= 4 is 11.6 Å². The quantitative estimate of drug-likeness (QED) is 0.923. The first-order valence-corrected chi connectivity index (χ1v) is 8.31. The molecular weight excluding hydrogens is 260 g/mol. The first-order chi connectivity index (χ1) is 10.2. The van der Waals surface area contributed by atoms with E-state index in [9.17, 15) is 4.79 Å². The van der Waals surface area contributed by atoms with Crippen LogP contribution in [-0.4, -0.2) is 29.9 Å². The number of carbonyl (C=O) groups is 1. The normalized spacial score (nSPS) is 23.5. The summed E-state index contributed by atoms with van der Waals surface area (Å²) in [5.41, 5.74) is 2.83. The summed E-state index contributed by atoms with van der Waals surface area (Å²) in [5.74, 6) is 0.299. The number of anilines is 1. The van der Waals surface area contributed by atoms with E-state index in [-0.39, 0.29) is 6.04 Å². The summed E-state index contributed by atoms with van der Waals surface area (Å²) in [6, 6.07) is 8.30. The second kappa shape index (κ2) is 5.70. The van der Waals surface area contributed by atoms with Gasteiger partial charge in [0.1, 0.15) is 6.04 Å². The van der Waals surface area contributed by atoms with Gasteiger partial charge in [-0.05, 0) is 49.1 Å². The van der Waals surface area contributed by atoms with E-state index < -0.39 is 0 Å². The van der Waals surface area contributed by atoms with Crippen molar-refractivity contribution in [2.45, 2.75) is 52.0 Å². The molecule has 1 aromatic carbocycles.